The molecule has 21 heavy (non-hydrogen) atoms. The van der Waals surface area contributed by atoms with E-state index >= 15 is 0 Å². The molecule has 1 aromatic carbocycles. The number of benzene rings is 1. The van der Waals surface area contributed by atoms with Gasteiger partial charge in [-0.1, -0.05) is 6.07 Å². The summed E-state index contributed by atoms with van der Waals surface area (Å²) in [6.45, 7) is 6.65. The molecule has 0 bridgehead atoms. The van der Waals surface area contributed by atoms with Crippen LogP contribution in [-0.2, 0) is 4.74 Å². The van der Waals surface area contributed by atoms with Crippen molar-refractivity contribution in [2.24, 2.45) is 0 Å². The average molecular weight is 294 g/mol. The zero-order valence-electron chi connectivity index (χ0n) is 13.2. The lowest BCUT2D eigenvalue weighted by Crippen LogP contribution is -2.33. The van der Waals surface area contributed by atoms with Gasteiger partial charge >= 0.3 is 0 Å². The van der Waals surface area contributed by atoms with Crippen LogP contribution in [0.15, 0.2) is 18.2 Å². The van der Waals surface area contributed by atoms with Gasteiger partial charge in [-0.05, 0) is 38.7 Å². The van der Waals surface area contributed by atoms with Gasteiger partial charge in [-0.25, -0.2) is 0 Å². The van der Waals surface area contributed by atoms with E-state index < -0.39 is 0 Å². The zero-order valence-corrected chi connectivity index (χ0v) is 13.2. The van der Waals surface area contributed by atoms with E-state index in [4.69, 9.17) is 14.2 Å². The summed E-state index contributed by atoms with van der Waals surface area (Å²) >= 11 is 0. The first-order valence-electron chi connectivity index (χ1n) is 7.57. The van der Waals surface area contributed by atoms with Crippen molar-refractivity contribution in [1.82, 2.24) is 10.2 Å². The first-order valence-corrected chi connectivity index (χ1v) is 7.57. The van der Waals surface area contributed by atoms with E-state index in [9.17, 15) is 0 Å². The average Bonchev–Trinajstić information content (AvgIpc) is 2.52. The molecule has 0 spiro atoms. The van der Waals surface area contributed by atoms with Crippen LogP contribution in [0.1, 0.15) is 18.5 Å². The van der Waals surface area contributed by atoms with E-state index in [-0.39, 0.29) is 6.04 Å². The van der Waals surface area contributed by atoms with Crippen LogP contribution in [0.25, 0.3) is 0 Å². The molecule has 0 saturated heterocycles. The lowest BCUT2D eigenvalue weighted by atomic mass is 10.1. The van der Waals surface area contributed by atoms with E-state index in [1.165, 1.54) is 5.56 Å². The maximum Gasteiger partial charge on any atom is 0.161 e. The standard InChI is InChI=1S/C16H26N2O3/c1-4-19-8-7-18(3)12-14(17-2)13-5-6-15-16(11-13)21-10-9-20-15/h5-6,11,14,17H,4,7-10,12H2,1-3H3. The van der Waals surface area contributed by atoms with Crippen molar-refractivity contribution in [3.8, 4) is 11.5 Å². The van der Waals surface area contributed by atoms with Gasteiger partial charge < -0.3 is 24.4 Å². The summed E-state index contributed by atoms with van der Waals surface area (Å²) in [5.41, 5.74) is 1.21. The quantitative estimate of drug-likeness (QED) is 0.739. The van der Waals surface area contributed by atoms with E-state index in [1.807, 2.05) is 20.0 Å². The van der Waals surface area contributed by atoms with Crippen LogP contribution >= 0.6 is 0 Å². The lowest BCUT2D eigenvalue weighted by Gasteiger charge is -2.25. The van der Waals surface area contributed by atoms with Crippen LogP contribution < -0.4 is 14.8 Å². The predicted octanol–water partition coefficient (Wildman–Crippen LogP) is 1.69. The maximum absolute atomic E-state index is 5.66. The monoisotopic (exact) mass is 294 g/mol. The van der Waals surface area contributed by atoms with Crippen LogP contribution in [0.2, 0.25) is 0 Å². The largest absolute Gasteiger partial charge is 0.486 e. The summed E-state index contributed by atoms with van der Waals surface area (Å²) in [4.78, 5) is 2.27. The summed E-state index contributed by atoms with van der Waals surface area (Å²) in [5.74, 6) is 1.68. The van der Waals surface area contributed by atoms with Gasteiger partial charge in [-0.2, -0.15) is 0 Å². The molecule has 5 heteroatoms. The second-order valence-corrected chi connectivity index (χ2v) is 5.20. The molecule has 1 atom stereocenters. The van der Waals surface area contributed by atoms with Crippen molar-refractivity contribution in [3.63, 3.8) is 0 Å². The molecular weight excluding hydrogens is 268 g/mol. The predicted molar refractivity (Wildman–Crippen MR) is 83.2 cm³/mol. The number of ether oxygens (including phenoxy) is 3. The van der Waals surface area contributed by atoms with Gasteiger partial charge in [0.05, 0.1) is 6.61 Å². The SMILES string of the molecule is CCOCCN(C)CC(NC)c1ccc2c(c1)OCCO2. The minimum Gasteiger partial charge on any atom is -0.486 e. The van der Waals surface area contributed by atoms with Crippen molar-refractivity contribution in [2.45, 2.75) is 13.0 Å². The fourth-order valence-electron chi connectivity index (χ4n) is 2.41. The van der Waals surface area contributed by atoms with Crippen LogP contribution in [0.5, 0.6) is 11.5 Å². The number of hydrogen-bond donors (Lipinski definition) is 1. The third-order valence-corrected chi connectivity index (χ3v) is 3.63. The molecular formula is C16H26N2O3. The van der Waals surface area contributed by atoms with Gasteiger partial charge in [0.1, 0.15) is 13.2 Å². The molecule has 1 unspecified atom stereocenters. The summed E-state index contributed by atoms with van der Waals surface area (Å²) in [6, 6.07) is 6.43. The minimum absolute atomic E-state index is 0.257. The van der Waals surface area contributed by atoms with Crippen LogP contribution in [-0.4, -0.2) is 58.5 Å². The number of likely N-dealkylation sites (N-methyl/N-ethyl adjacent to an activating group) is 2. The number of fused-ring (bicyclic) bond motifs is 1. The van der Waals surface area contributed by atoms with Gasteiger partial charge in [-0.3, -0.25) is 0 Å². The highest BCUT2D eigenvalue weighted by Gasteiger charge is 2.17. The van der Waals surface area contributed by atoms with Crippen molar-refractivity contribution in [3.05, 3.63) is 23.8 Å². The summed E-state index contributed by atoms with van der Waals surface area (Å²) < 4.78 is 16.6. The Kier molecular flexibility index (Phi) is 6.29. The van der Waals surface area contributed by atoms with Crippen LogP contribution in [0, 0.1) is 0 Å². The molecule has 1 heterocycles. The molecule has 1 aliphatic heterocycles. The number of hydrogen-bond acceptors (Lipinski definition) is 5. The molecule has 1 N–H and O–H groups in total. The first-order chi connectivity index (χ1) is 10.2. The van der Waals surface area contributed by atoms with Crippen molar-refractivity contribution in [2.75, 3.05) is 53.6 Å². The Morgan fingerprint density at radius 1 is 1.29 bits per heavy atom. The fourth-order valence-corrected chi connectivity index (χ4v) is 2.41. The maximum atomic E-state index is 5.66. The topological polar surface area (TPSA) is 43.0 Å². The molecule has 0 amide bonds. The zero-order chi connectivity index (χ0) is 15.1. The highest BCUT2D eigenvalue weighted by atomic mass is 16.6. The van der Waals surface area contributed by atoms with Gasteiger partial charge in [0.2, 0.25) is 0 Å². The Balaban J connectivity index is 1.96. The molecule has 0 saturated carbocycles. The Bertz CT molecular complexity index is 440. The highest BCUT2D eigenvalue weighted by Crippen LogP contribution is 2.32. The second-order valence-electron chi connectivity index (χ2n) is 5.20. The minimum atomic E-state index is 0.257. The van der Waals surface area contributed by atoms with Gasteiger partial charge in [0, 0.05) is 25.7 Å². The van der Waals surface area contributed by atoms with Crippen LogP contribution in [0.4, 0.5) is 0 Å². The van der Waals surface area contributed by atoms with Crippen molar-refractivity contribution < 1.29 is 14.2 Å². The Morgan fingerprint density at radius 3 is 2.76 bits per heavy atom. The molecule has 2 rings (SSSR count). The third kappa shape index (κ3) is 4.59. The normalized spacial score (nSPS) is 15.2. The molecule has 1 aliphatic rings. The van der Waals surface area contributed by atoms with Gasteiger partial charge in [0.15, 0.2) is 11.5 Å². The number of rotatable bonds is 8. The van der Waals surface area contributed by atoms with Crippen molar-refractivity contribution in [1.29, 1.82) is 0 Å². The fraction of sp³-hybridized carbons (Fsp3) is 0.625. The summed E-state index contributed by atoms with van der Waals surface area (Å²) in [6.07, 6.45) is 0. The molecule has 0 aromatic heterocycles. The van der Waals surface area contributed by atoms with E-state index in [0.29, 0.717) is 13.2 Å². The molecule has 0 fully saturated rings. The van der Waals surface area contributed by atoms with Gasteiger partial charge in [-0.15, -0.1) is 0 Å². The summed E-state index contributed by atoms with van der Waals surface area (Å²) in [5, 5.41) is 3.37. The Labute approximate surface area is 127 Å². The molecule has 118 valence electrons. The van der Waals surface area contributed by atoms with Crippen LogP contribution in [0.3, 0.4) is 0 Å². The van der Waals surface area contributed by atoms with Gasteiger partial charge in [0.25, 0.3) is 0 Å². The lowest BCUT2D eigenvalue weighted by molar-refractivity contribution is 0.119. The number of nitrogens with one attached hydrogen (secondary N) is 1. The molecule has 1 aromatic rings. The number of nitrogens with zero attached hydrogens (tertiary/aromatic N) is 1. The molecule has 5 nitrogen and oxygen atoms in total. The van der Waals surface area contributed by atoms with E-state index in [2.05, 4.69) is 29.4 Å². The first kappa shape index (κ1) is 16.1. The Morgan fingerprint density at radius 2 is 2.05 bits per heavy atom. The van der Waals surface area contributed by atoms with E-state index in [1.54, 1.807) is 0 Å². The van der Waals surface area contributed by atoms with E-state index in [0.717, 1.165) is 37.8 Å². The second kappa shape index (κ2) is 8.22. The third-order valence-electron chi connectivity index (χ3n) is 3.63. The molecule has 0 aliphatic carbocycles. The highest BCUT2D eigenvalue weighted by molar-refractivity contribution is 5.44. The Hall–Kier alpha value is -1.30. The smallest absolute Gasteiger partial charge is 0.161 e. The summed E-state index contributed by atoms with van der Waals surface area (Å²) in [7, 11) is 4.10. The van der Waals surface area contributed by atoms with Crippen molar-refractivity contribution >= 4 is 0 Å². The molecule has 0 radical (unpaired) electrons.